The molecule has 0 aliphatic heterocycles. The van der Waals surface area contributed by atoms with Crippen molar-refractivity contribution in [1.29, 1.82) is 0 Å². The van der Waals surface area contributed by atoms with Crippen molar-refractivity contribution in [2.75, 3.05) is 0 Å². The van der Waals surface area contributed by atoms with Crippen LogP contribution < -0.4 is 0 Å². The molecule has 0 heterocycles. The van der Waals surface area contributed by atoms with Gasteiger partial charge in [0.25, 0.3) is 0 Å². The maximum absolute atomic E-state index is 13.7. The third-order valence-corrected chi connectivity index (χ3v) is 2.41. The lowest BCUT2D eigenvalue weighted by molar-refractivity contribution is 0.0696. The average Bonchev–Trinajstić information content (AvgIpc) is 2.27. The Balaban J connectivity index is 2.54. The molecule has 5 heteroatoms. The highest BCUT2D eigenvalue weighted by Gasteiger charge is 2.11. The predicted octanol–water partition coefficient (Wildman–Crippen LogP) is 3.04. The largest absolute Gasteiger partial charge is 0.508 e. The lowest BCUT2D eigenvalue weighted by Gasteiger charge is -2.05. The van der Waals surface area contributed by atoms with Gasteiger partial charge in [0.2, 0.25) is 0 Å². The number of aromatic hydroxyl groups is 1. The molecule has 0 bridgehead atoms. The number of carboxylic acids is 1. The Hall–Kier alpha value is -2.43. The van der Waals surface area contributed by atoms with Crippen LogP contribution in [0.5, 0.6) is 5.75 Å². The minimum absolute atomic E-state index is 0.0230. The highest BCUT2D eigenvalue weighted by molar-refractivity contribution is 5.88. The average molecular weight is 250 g/mol. The van der Waals surface area contributed by atoms with Crippen LogP contribution >= 0.6 is 0 Å². The zero-order valence-electron chi connectivity index (χ0n) is 9.02. The first kappa shape index (κ1) is 12.0. The molecule has 0 aromatic heterocycles. The summed E-state index contributed by atoms with van der Waals surface area (Å²) in [6, 6.07) is 6.43. The molecule has 0 aliphatic carbocycles. The number of carbonyl (C=O) groups is 1. The van der Waals surface area contributed by atoms with Crippen LogP contribution in [0.4, 0.5) is 8.78 Å². The lowest BCUT2D eigenvalue weighted by Crippen LogP contribution is -1.97. The summed E-state index contributed by atoms with van der Waals surface area (Å²) in [5.74, 6) is -3.07. The van der Waals surface area contributed by atoms with Gasteiger partial charge in [0.1, 0.15) is 17.4 Å². The number of aromatic carboxylic acids is 1. The molecule has 92 valence electrons. The second-order valence-corrected chi connectivity index (χ2v) is 3.70. The second-order valence-electron chi connectivity index (χ2n) is 3.70. The Kier molecular flexibility index (Phi) is 2.97. The normalized spacial score (nSPS) is 10.3. The maximum Gasteiger partial charge on any atom is 0.335 e. The molecule has 0 fully saturated rings. The Morgan fingerprint density at radius 1 is 1.06 bits per heavy atom. The fraction of sp³-hybridized carbons (Fsp3) is 0. The van der Waals surface area contributed by atoms with Gasteiger partial charge >= 0.3 is 5.97 Å². The van der Waals surface area contributed by atoms with E-state index in [9.17, 15) is 18.7 Å². The molecular weight excluding hydrogens is 242 g/mol. The molecule has 0 saturated heterocycles. The molecule has 18 heavy (non-hydrogen) atoms. The maximum atomic E-state index is 13.7. The van der Waals surface area contributed by atoms with Crippen molar-refractivity contribution in [2.24, 2.45) is 0 Å². The fourth-order valence-corrected chi connectivity index (χ4v) is 1.61. The highest BCUT2D eigenvalue weighted by atomic mass is 19.1. The van der Waals surface area contributed by atoms with Gasteiger partial charge in [-0.3, -0.25) is 0 Å². The summed E-state index contributed by atoms with van der Waals surface area (Å²) in [6.07, 6.45) is 0. The van der Waals surface area contributed by atoms with E-state index in [-0.39, 0.29) is 22.4 Å². The van der Waals surface area contributed by atoms with Gasteiger partial charge < -0.3 is 10.2 Å². The number of benzene rings is 2. The Bertz CT molecular complexity index is 603. The van der Waals surface area contributed by atoms with E-state index in [2.05, 4.69) is 0 Å². The van der Waals surface area contributed by atoms with Crippen LogP contribution in [0.3, 0.4) is 0 Å². The van der Waals surface area contributed by atoms with Crippen LogP contribution in [0.15, 0.2) is 36.4 Å². The summed E-state index contributed by atoms with van der Waals surface area (Å²) in [5, 5.41) is 17.9. The van der Waals surface area contributed by atoms with E-state index >= 15 is 0 Å². The van der Waals surface area contributed by atoms with Crippen LogP contribution in [0.25, 0.3) is 11.1 Å². The number of hydrogen-bond acceptors (Lipinski definition) is 2. The zero-order chi connectivity index (χ0) is 13.3. The number of hydrogen-bond donors (Lipinski definition) is 2. The van der Waals surface area contributed by atoms with E-state index in [1.807, 2.05) is 0 Å². The van der Waals surface area contributed by atoms with Crippen LogP contribution in [0, 0.1) is 11.6 Å². The molecule has 0 spiro atoms. The summed E-state index contributed by atoms with van der Waals surface area (Å²) in [5.41, 5.74) is -0.0337. The van der Waals surface area contributed by atoms with Gasteiger partial charge in [0.15, 0.2) is 0 Å². The summed E-state index contributed by atoms with van der Waals surface area (Å²) in [7, 11) is 0. The van der Waals surface area contributed by atoms with Gasteiger partial charge in [0, 0.05) is 11.6 Å². The SMILES string of the molecule is O=C(O)c1ccc(-c2cc(O)cc(F)c2)c(F)c1. The molecule has 3 nitrogen and oxygen atoms in total. The molecule has 0 amide bonds. The molecule has 0 aliphatic rings. The molecule has 0 radical (unpaired) electrons. The summed E-state index contributed by atoms with van der Waals surface area (Å²) >= 11 is 0. The van der Waals surface area contributed by atoms with E-state index in [0.717, 1.165) is 18.2 Å². The topological polar surface area (TPSA) is 57.5 Å². The molecule has 0 saturated carbocycles. The Morgan fingerprint density at radius 3 is 2.33 bits per heavy atom. The molecule has 2 rings (SSSR count). The Labute approximate surface area is 101 Å². The van der Waals surface area contributed by atoms with E-state index in [4.69, 9.17) is 5.11 Å². The molecule has 2 aromatic rings. The first-order valence-corrected chi connectivity index (χ1v) is 5.00. The third-order valence-electron chi connectivity index (χ3n) is 2.41. The third kappa shape index (κ3) is 2.29. The minimum Gasteiger partial charge on any atom is -0.508 e. The summed E-state index contributed by atoms with van der Waals surface area (Å²) < 4.78 is 26.8. The molecule has 2 N–H and O–H groups in total. The highest BCUT2D eigenvalue weighted by Crippen LogP contribution is 2.27. The number of phenolic OH excluding ortho intramolecular Hbond substituents is 1. The fourth-order valence-electron chi connectivity index (χ4n) is 1.61. The van der Waals surface area contributed by atoms with Crippen molar-refractivity contribution in [2.45, 2.75) is 0 Å². The number of phenols is 1. The summed E-state index contributed by atoms with van der Waals surface area (Å²) in [4.78, 5) is 10.6. The van der Waals surface area contributed by atoms with Crippen LogP contribution in [-0.4, -0.2) is 16.2 Å². The van der Waals surface area contributed by atoms with Gasteiger partial charge in [-0.15, -0.1) is 0 Å². The first-order valence-electron chi connectivity index (χ1n) is 5.00. The van der Waals surface area contributed by atoms with E-state index < -0.39 is 17.6 Å². The number of halogens is 2. The number of rotatable bonds is 2. The smallest absolute Gasteiger partial charge is 0.335 e. The molecule has 0 atom stereocenters. The van der Waals surface area contributed by atoms with Gasteiger partial charge in [-0.1, -0.05) is 6.07 Å². The van der Waals surface area contributed by atoms with Crippen molar-refractivity contribution in [3.05, 3.63) is 53.6 Å². The van der Waals surface area contributed by atoms with Crippen LogP contribution in [0.1, 0.15) is 10.4 Å². The number of carboxylic acid groups (broad SMARTS) is 1. The molecule has 0 unspecified atom stereocenters. The quantitative estimate of drug-likeness (QED) is 0.861. The van der Waals surface area contributed by atoms with E-state index in [1.54, 1.807) is 0 Å². The zero-order valence-corrected chi connectivity index (χ0v) is 9.02. The van der Waals surface area contributed by atoms with Gasteiger partial charge in [0.05, 0.1) is 5.56 Å². The van der Waals surface area contributed by atoms with Crippen molar-refractivity contribution in [3.8, 4) is 16.9 Å². The Morgan fingerprint density at radius 2 is 1.78 bits per heavy atom. The molecule has 2 aromatic carbocycles. The standard InChI is InChI=1S/C13H8F2O3/c14-9-3-8(4-10(16)6-9)11-2-1-7(13(17)18)5-12(11)15/h1-6,16H,(H,17,18). The van der Waals surface area contributed by atoms with Crippen molar-refractivity contribution < 1.29 is 23.8 Å². The van der Waals surface area contributed by atoms with Crippen molar-refractivity contribution in [1.82, 2.24) is 0 Å². The van der Waals surface area contributed by atoms with Gasteiger partial charge in [-0.25, -0.2) is 13.6 Å². The van der Waals surface area contributed by atoms with Crippen molar-refractivity contribution in [3.63, 3.8) is 0 Å². The first-order chi connectivity index (χ1) is 8.47. The summed E-state index contributed by atoms with van der Waals surface area (Å²) in [6.45, 7) is 0. The monoisotopic (exact) mass is 250 g/mol. The van der Waals surface area contributed by atoms with E-state index in [1.165, 1.54) is 18.2 Å². The molecular formula is C13H8F2O3. The van der Waals surface area contributed by atoms with Gasteiger partial charge in [-0.05, 0) is 29.8 Å². The van der Waals surface area contributed by atoms with Crippen molar-refractivity contribution >= 4 is 5.97 Å². The van der Waals surface area contributed by atoms with Crippen LogP contribution in [-0.2, 0) is 0 Å². The lowest BCUT2D eigenvalue weighted by atomic mass is 10.0. The second kappa shape index (κ2) is 4.44. The van der Waals surface area contributed by atoms with Crippen LogP contribution in [0.2, 0.25) is 0 Å². The minimum atomic E-state index is -1.25. The van der Waals surface area contributed by atoms with E-state index in [0.29, 0.717) is 0 Å². The predicted molar refractivity (Wildman–Crippen MR) is 60.4 cm³/mol. The van der Waals surface area contributed by atoms with Gasteiger partial charge in [-0.2, -0.15) is 0 Å².